The van der Waals surface area contributed by atoms with E-state index in [1.807, 2.05) is 0 Å². The van der Waals surface area contributed by atoms with Crippen molar-refractivity contribution < 1.29 is 10.2 Å². The van der Waals surface area contributed by atoms with Crippen molar-refractivity contribution in [2.75, 3.05) is 0 Å². The van der Waals surface area contributed by atoms with Gasteiger partial charge in [0.05, 0.1) is 0 Å². The summed E-state index contributed by atoms with van der Waals surface area (Å²) in [6, 6.07) is 4.73. The first-order valence-electron chi connectivity index (χ1n) is 9.04. The molecule has 2 N–H and O–H groups in total. The number of phenols is 2. The lowest BCUT2D eigenvalue weighted by Gasteiger charge is -2.00. The SMILES string of the molecule is CCCCCC/C=C\CCCC/C=C\Cc1cc(O)cc(O)c1. The molecule has 0 aliphatic heterocycles. The zero-order chi connectivity index (χ0) is 16.8. The maximum Gasteiger partial charge on any atom is 0.119 e. The third-order valence-corrected chi connectivity index (χ3v) is 3.87. The van der Waals surface area contributed by atoms with Crippen LogP contribution < -0.4 is 0 Å². The molecule has 0 saturated carbocycles. The molecule has 2 heteroatoms. The Morgan fingerprint density at radius 1 is 0.696 bits per heavy atom. The lowest BCUT2D eigenvalue weighted by molar-refractivity contribution is 0.449. The van der Waals surface area contributed by atoms with Gasteiger partial charge in [-0.15, -0.1) is 0 Å². The molecule has 0 aliphatic carbocycles. The van der Waals surface area contributed by atoms with Crippen molar-refractivity contribution in [2.45, 2.75) is 71.1 Å². The Morgan fingerprint density at radius 2 is 1.22 bits per heavy atom. The van der Waals surface area contributed by atoms with Crippen LogP contribution in [0.25, 0.3) is 0 Å². The summed E-state index contributed by atoms with van der Waals surface area (Å²) in [7, 11) is 0. The van der Waals surface area contributed by atoms with Crippen molar-refractivity contribution in [1.82, 2.24) is 0 Å². The summed E-state index contributed by atoms with van der Waals surface area (Å²) in [6.07, 6.45) is 21.0. The summed E-state index contributed by atoms with van der Waals surface area (Å²) in [5, 5.41) is 18.8. The minimum absolute atomic E-state index is 0.120. The van der Waals surface area contributed by atoms with Crippen molar-refractivity contribution in [2.24, 2.45) is 0 Å². The van der Waals surface area contributed by atoms with Gasteiger partial charge in [0.1, 0.15) is 11.5 Å². The number of allylic oxidation sites excluding steroid dienone is 4. The number of aromatic hydroxyl groups is 2. The molecule has 0 aromatic heterocycles. The van der Waals surface area contributed by atoms with Crippen molar-refractivity contribution in [3.05, 3.63) is 48.1 Å². The Hall–Kier alpha value is -1.70. The van der Waals surface area contributed by atoms with Gasteiger partial charge in [-0.1, -0.05) is 50.5 Å². The molecule has 0 unspecified atom stereocenters. The molecule has 0 atom stereocenters. The number of benzene rings is 1. The maximum absolute atomic E-state index is 9.41. The smallest absolute Gasteiger partial charge is 0.119 e. The Labute approximate surface area is 141 Å². The molecule has 1 aromatic rings. The predicted molar refractivity (Wildman–Crippen MR) is 99.0 cm³/mol. The molecule has 0 amide bonds. The Kier molecular flexibility index (Phi) is 10.8. The molecular formula is C21H32O2. The van der Waals surface area contributed by atoms with Gasteiger partial charge in [0, 0.05) is 6.07 Å². The molecule has 0 fully saturated rings. The number of rotatable bonds is 12. The van der Waals surface area contributed by atoms with Crippen LogP contribution in [0.4, 0.5) is 0 Å². The Morgan fingerprint density at radius 3 is 1.78 bits per heavy atom. The summed E-state index contributed by atoms with van der Waals surface area (Å²) < 4.78 is 0. The van der Waals surface area contributed by atoms with E-state index in [1.54, 1.807) is 12.1 Å². The van der Waals surface area contributed by atoms with Crippen LogP contribution in [0.5, 0.6) is 11.5 Å². The van der Waals surface area contributed by atoms with Crippen molar-refractivity contribution in [3.63, 3.8) is 0 Å². The zero-order valence-electron chi connectivity index (χ0n) is 14.5. The van der Waals surface area contributed by atoms with E-state index in [1.165, 1.54) is 57.4 Å². The van der Waals surface area contributed by atoms with Crippen molar-refractivity contribution in [3.8, 4) is 11.5 Å². The van der Waals surface area contributed by atoms with E-state index in [-0.39, 0.29) is 11.5 Å². The fourth-order valence-electron chi connectivity index (χ4n) is 2.56. The maximum atomic E-state index is 9.41. The van der Waals surface area contributed by atoms with E-state index >= 15 is 0 Å². The third kappa shape index (κ3) is 10.6. The van der Waals surface area contributed by atoms with Crippen molar-refractivity contribution in [1.29, 1.82) is 0 Å². The summed E-state index contributed by atoms with van der Waals surface area (Å²) in [5.74, 6) is 0.241. The minimum atomic E-state index is 0.120. The molecule has 1 rings (SSSR count). The van der Waals surface area contributed by atoms with E-state index in [0.29, 0.717) is 0 Å². The van der Waals surface area contributed by atoms with Crippen LogP contribution in [0.1, 0.15) is 70.3 Å². The van der Waals surface area contributed by atoms with Gasteiger partial charge >= 0.3 is 0 Å². The van der Waals surface area contributed by atoms with Crippen LogP contribution in [-0.4, -0.2) is 10.2 Å². The Bertz CT molecular complexity index is 454. The molecule has 0 saturated heterocycles. The highest BCUT2D eigenvalue weighted by molar-refractivity contribution is 5.37. The molecule has 0 heterocycles. The van der Waals surface area contributed by atoms with Gasteiger partial charge in [0.15, 0.2) is 0 Å². The van der Waals surface area contributed by atoms with Gasteiger partial charge < -0.3 is 10.2 Å². The molecular weight excluding hydrogens is 284 g/mol. The number of unbranched alkanes of at least 4 members (excludes halogenated alkanes) is 7. The van der Waals surface area contributed by atoms with E-state index < -0.39 is 0 Å². The third-order valence-electron chi connectivity index (χ3n) is 3.87. The van der Waals surface area contributed by atoms with Crippen LogP contribution in [0, 0.1) is 0 Å². The zero-order valence-corrected chi connectivity index (χ0v) is 14.5. The monoisotopic (exact) mass is 316 g/mol. The second-order valence-electron chi connectivity index (χ2n) is 6.14. The average molecular weight is 316 g/mol. The molecule has 128 valence electrons. The highest BCUT2D eigenvalue weighted by Gasteiger charge is 1.96. The van der Waals surface area contributed by atoms with Crippen LogP contribution in [0.2, 0.25) is 0 Å². The summed E-state index contributed by atoms with van der Waals surface area (Å²) in [6.45, 7) is 2.25. The molecule has 2 nitrogen and oxygen atoms in total. The molecule has 23 heavy (non-hydrogen) atoms. The second kappa shape index (κ2) is 12.8. The van der Waals surface area contributed by atoms with Crippen molar-refractivity contribution >= 4 is 0 Å². The van der Waals surface area contributed by atoms with Crippen LogP contribution in [0.15, 0.2) is 42.5 Å². The highest BCUT2D eigenvalue weighted by Crippen LogP contribution is 2.20. The van der Waals surface area contributed by atoms with Crippen LogP contribution >= 0.6 is 0 Å². The second-order valence-corrected chi connectivity index (χ2v) is 6.14. The van der Waals surface area contributed by atoms with Crippen LogP contribution in [-0.2, 0) is 6.42 Å². The fourth-order valence-corrected chi connectivity index (χ4v) is 2.56. The normalized spacial score (nSPS) is 11.7. The van der Waals surface area contributed by atoms with Gasteiger partial charge in [-0.3, -0.25) is 0 Å². The summed E-state index contributed by atoms with van der Waals surface area (Å²) in [5.41, 5.74) is 0.935. The van der Waals surface area contributed by atoms with E-state index in [9.17, 15) is 10.2 Å². The largest absolute Gasteiger partial charge is 0.508 e. The molecule has 1 aromatic carbocycles. The van der Waals surface area contributed by atoms with Gasteiger partial charge in [-0.2, -0.15) is 0 Å². The summed E-state index contributed by atoms with van der Waals surface area (Å²) >= 11 is 0. The molecule has 0 spiro atoms. The van der Waals surface area contributed by atoms with Gasteiger partial charge in [-0.25, -0.2) is 0 Å². The van der Waals surface area contributed by atoms with Gasteiger partial charge in [-0.05, 0) is 62.6 Å². The molecule has 0 aliphatic rings. The number of hydrogen-bond acceptors (Lipinski definition) is 2. The molecule has 0 radical (unpaired) electrons. The molecule has 0 bridgehead atoms. The van der Waals surface area contributed by atoms with Gasteiger partial charge in [0.2, 0.25) is 0 Å². The number of hydrogen-bond donors (Lipinski definition) is 2. The highest BCUT2D eigenvalue weighted by atomic mass is 16.3. The topological polar surface area (TPSA) is 40.5 Å². The first-order valence-corrected chi connectivity index (χ1v) is 9.04. The first-order chi connectivity index (χ1) is 11.2. The average Bonchev–Trinajstić information content (AvgIpc) is 2.51. The quantitative estimate of drug-likeness (QED) is 0.352. The van der Waals surface area contributed by atoms with E-state index in [4.69, 9.17) is 0 Å². The standard InChI is InChI=1S/C21H32O2/c1-2-3-4-5-6-7-8-9-10-11-12-13-14-15-19-16-20(22)18-21(23)17-19/h7-8,13-14,16-18,22-23H,2-6,9-12,15H2,1H3/b8-7-,14-13-. The fraction of sp³-hybridized carbons (Fsp3) is 0.524. The lowest BCUT2D eigenvalue weighted by Crippen LogP contribution is -1.81. The Balaban J connectivity index is 2.01. The van der Waals surface area contributed by atoms with E-state index in [0.717, 1.165) is 18.4 Å². The minimum Gasteiger partial charge on any atom is -0.508 e. The van der Waals surface area contributed by atoms with E-state index in [2.05, 4.69) is 31.2 Å². The summed E-state index contributed by atoms with van der Waals surface area (Å²) in [4.78, 5) is 0. The predicted octanol–water partition coefficient (Wildman–Crippen LogP) is 6.28. The number of phenolic OH excluding ortho intramolecular Hbond substituents is 2. The van der Waals surface area contributed by atoms with Crippen LogP contribution in [0.3, 0.4) is 0 Å². The first kappa shape index (κ1) is 19.3. The lowest BCUT2D eigenvalue weighted by atomic mass is 10.1. The van der Waals surface area contributed by atoms with Gasteiger partial charge in [0.25, 0.3) is 0 Å².